The Hall–Kier alpha value is -0.357. The van der Waals surface area contributed by atoms with Gasteiger partial charge in [-0.25, -0.2) is 0 Å². The largest absolute Gasteiger partial charge is 1.00 e. The molecule has 1 rings (SSSR count). The number of halogens is 2. The van der Waals surface area contributed by atoms with Crippen LogP contribution in [0.15, 0.2) is 24.3 Å². The van der Waals surface area contributed by atoms with Gasteiger partial charge in [-0.3, -0.25) is 0 Å². The summed E-state index contributed by atoms with van der Waals surface area (Å²) in [6, 6.07) is 7.52. The van der Waals surface area contributed by atoms with Gasteiger partial charge in [-0.05, 0) is 26.0 Å². The van der Waals surface area contributed by atoms with Crippen molar-refractivity contribution in [2.75, 3.05) is 18.0 Å². The molecule has 0 aliphatic heterocycles. The minimum atomic E-state index is 0. The van der Waals surface area contributed by atoms with Crippen LogP contribution in [0.4, 0.5) is 11.4 Å². The fraction of sp³-hybridized carbons (Fsp3) is 0.400. The Bertz CT molecular complexity index is 307. The Morgan fingerprint density at radius 2 is 1.56 bits per heavy atom. The van der Waals surface area contributed by atoms with Gasteiger partial charge < -0.3 is 17.3 Å². The van der Waals surface area contributed by atoms with Gasteiger partial charge in [-0.2, -0.15) is 0 Å². The van der Waals surface area contributed by atoms with E-state index in [4.69, 9.17) is 5.39 Å². The average molecular weight is 314 g/mol. The topological polar surface area (TPSA) is 31.4 Å². The van der Waals surface area contributed by atoms with Gasteiger partial charge in [0, 0.05) is 50.4 Å². The molecule has 0 amide bonds. The van der Waals surface area contributed by atoms with E-state index >= 15 is 0 Å². The second-order valence-corrected chi connectivity index (χ2v) is 2.79. The van der Waals surface area contributed by atoms with E-state index in [0.29, 0.717) is 5.69 Å². The molecule has 0 fully saturated rings. The summed E-state index contributed by atoms with van der Waals surface area (Å²) in [5.74, 6) is 0. The minimum Gasteiger partial charge on any atom is -1.00 e. The first-order valence-electron chi connectivity index (χ1n) is 4.52. The molecular formula is C10H15Cl2N3Zn. The molecule has 0 saturated carbocycles. The van der Waals surface area contributed by atoms with Crippen LogP contribution in [0.3, 0.4) is 0 Å². The Kier molecular flexibility index (Phi) is 14.6. The summed E-state index contributed by atoms with van der Waals surface area (Å²) in [5.41, 5.74) is 1.76. The molecule has 0 unspecified atom stereocenters. The summed E-state index contributed by atoms with van der Waals surface area (Å²) in [6.45, 7) is 6.22. The second kappa shape index (κ2) is 11.1. The summed E-state index contributed by atoms with van der Waals surface area (Å²) in [5, 5.41) is 8.49. The number of nitrogens with zero attached hydrogens (tertiary/aromatic N) is 3. The standard InChI is InChI=1S/C10H14N3.2ClH.Zn/c1-3-13(4-2)10-7-5-9(12-11)6-8-10;;;/h5-8H,3-4H2,1-2H3;2*1H;/q+1;;;/p-1. The van der Waals surface area contributed by atoms with Gasteiger partial charge in [0.1, 0.15) is 0 Å². The Morgan fingerprint density at radius 3 is 1.88 bits per heavy atom. The van der Waals surface area contributed by atoms with E-state index in [-0.39, 0.29) is 44.3 Å². The molecule has 0 aliphatic rings. The summed E-state index contributed by atoms with van der Waals surface area (Å²) in [6.07, 6.45) is 0. The normalized spacial score (nSPS) is 7.56. The van der Waals surface area contributed by atoms with Crippen molar-refractivity contribution < 1.29 is 31.9 Å². The zero-order valence-corrected chi connectivity index (χ0v) is 14.1. The number of hydrogen-bond donors (Lipinski definition) is 0. The maximum absolute atomic E-state index is 8.49. The average Bonchev–Trinajstić information content (AvgIpc) is 2.21. The van der Waals surface area contributed by atoms with Crippen molar-refractivity contribution in [2.24, 2.45) is 0 Å². The van der Waals surface area contributed by atoms with Crippen LogP contribution < -0.4 is 17.3 Å². The molecule has 0 atom stereocenters. The van der Waals surface area contributed by atoms with E-state index in [9.17, 15) is 0 Å². The quantitative estimate of drug-likeness (QED) is 0.599. The first-order chi connectivity index (χ1) is 6.31. The summed E-state index contributed by atoms with van der Waals surface area (Å²) < 4.78 is 0. The van der Waals surface area contributed by atoms with E-state index in [1.54, 1.807) is 12.1 Å². The monoisotopic (exact) mass is 311 g/mol. The minimum absolute atomic E-state index is 0. The molecule has 0 aliphatic carbocycles. The van der Waals surface area contributed by atoms with Crippen molar-refractivity contribution in [3.05, 3.63) is 29.2 Å². The summed E-state index contributed by atoms with van der Waals surface area (Å²) >= 11 is 0. The molecule has 0 heterocycles. The molecular weight excluding hydrogens is 298 g/mol. The maximum Gasteiger partial charge on any atom is 0.385 e. The van der Waals surface area contributed by atoms with Crippen molar-refractivity contribution in [2.45, 2.75) is 13.8 Å². The van der Waals surface area contributed by atoms with Gasteiger partial charge in [0.05, 0.1) is 0 Å². The molecule has 86 valence electrons. The van der Waals surface area contributed by atoms with Gasteiger partial charge >= 0.3 is 5.69 Å². The van der Waals surface area contributed by atoms with Crippen molar-refractivity contribution in [3.8, 4) is 0 Å². The molecule has 6 heteroatoms. The molecule has 0 saturated heterocycles. The Balaban J connectivity index is -0.000000563. The molecule has 1 aromatic rings. The molecule has 0 N–H and O–H groups in total. The van der Waals surface area contributed by atoms with Crippen LogP contribution in [-0.4, -0.2) is 13.1 Å². The van der Waals surface area contributed by atoms with Crippen molar-refractivity contribution in [3.63, 3.8) is 0 Å². The predicted octanol–water partition coefficient (Wildman–Crippen LogP) is 0.441. The number of anilines is 1. The smallest absolute Gasteiger partial charge is 0.385 e. The number of hydrogen-bond acceptors (Lipinski definition) is 2. The maximum atomic E-state index is 8.49. The van der Waals surface area contributed by atoms with E-state index < -0.39 is 0 Å². The molecule has 16 heavy (non-hydrogen) atoms. The fourth-order valence-corrected chi connectivity index (χ4v) is 1.32. The van der Waals surface area contributed by atoms with Crippen LogP contribution in [0.25, 0.3) is 4.98 Å². The SMILES string of the molecule is CCN(CC)c1ccc([N+]#N)cc1.Cl.[Cl-].[Zn]. The summed E-state index contributed by atoms with van der Waals surface area (Å²) in [7, 11) is 0. The van der Waals surface area contributed by atoms with Gasteiger partial charge in [-0.1, -0.05) is 0 Å². The van der Waals surface area contributed by atoms with E-state index in [2.05, 4.69) is 23.7 Å². The molecule has 0 spiro atoms. The van der Waals surface area contributed by atoms with Crippen molar-refractivity contribution in [1.82, 2.24) is 0 Å². The van der Waals surface area contributed by atoms with Crippen LogP contribution in [-0.2, 0) is 19.5 Å². The van der Waals surface area contributed by atoms with Crippen LogP contribution in [0.2, 0.25) is 0 Å². The third-order valence-electron chi connectivity index (χ3n) is 2.09. The van der Waals surface area contributed by atoms with Crippen LogP contribution in [0.1, 0.15) is 13.8 Å². The number of diazo groups is 1. The van der Waals surface area contributed by atoms with Crippen LogP contribution in [0.5, 0.6) is 0 Å². The third-order valence-corrected chi connectivity index (χ3v) is 2.09. The van der Waals surface area contributed by atoms with Gasteiger partial charge in [0.25, 0.3) is 0 Å². The molecule has 0 aromatic heterocycles. The van der Waals surface area contributed by atoms with Gasteiger partial charge in [0.2, 0.25) is 5.39 Å². The van der Waals surface area contributed by atoms with E-state index in [0.717, 1.165) is 18.8 Å². The zero-order chi connectivity index (χ0) is 9.68. The first-order valence-corrected chi connectivity index (χ1v) is 4.52. The first kappa shape index (κ1) is 21.0. The second-order valence-electron chi connectivity index (χ2n) is 2.79. The van der Waals surface area contributed by atoms with Crippen LogP contribution >= 0.6 is 12.4 Å². The third kappa shape index (κ3) is 5.65. The zero-order valence-electron chi connectivity index (χ0n) is 9.56. The van der Waals surface area contributed by atoms with E-state index in [1.807, 2.05) is 12.1 Å². The Labute approximate surface area is 122 Å². The summed E-state index contributed by atoms with van der Waals surface area (Å²) in [4.78, 5) is 5.34. The molecule has 1 aromatic carbocycles. The molecule has 0 bridgehead atoms. The Morgan fingerprint density at radius 1 is 1.12 bits per heavy atom. The predicted molar refractivity (Wildman–Crippen MR) is 62.0 cm³/mol. The van der Waals surface area contributed by atoms with Crippen molar-refractivity contribution in [1.29, 1.82) is 5.39 Å². The number of rotatable bonds is 3. The number of benzene rings is 1. The molecule has 3 nitrogen and oxygen atoms in total. The molecule has 0 radical (unpaired) electrons. The van der Waals surface area contributed by atoms with Gasteiger partial charge in [-0.15, -0.1) is 12.4 Å². The fourth-order valence-electron chi connectivity index (χ4n) is 1.32. The van der Waals surface area contributed by atoms with Crippen molar-refractivity contribution >= 4 is 23.8 Å². The van der Waals surface area contributed by atoms with Gasteiger partial charge in [0.15, 0.2) is 4.98 Å². The van der Waals surface area contributed by atoms with Crippen LogP contribution in [0, 0.1) is 5.39 Å². The van der Waals surface area contributed by atoms with E-state index in [1.165, 1.54) is 0 Å².